The summed E-state index contributed by atoms with van der Waals surface area (Å²) in [4.78, 5) is 0. The summed E-state index contributed by atoms with van der Waals surface area (Å²) in [5.74, 6) is 2.92. The summed E-state index contributed by atoms with van der Waals surface area (Å²) in [6.45, 7) is 10.9. The van der Waals surface area contributed by atoms with Crippen LogP contribution in [0, 0.1) is 12.8 Å². The van der Waals surface area contributed by atoms with Crippen LogP contribution in [-0.2, 0) is 4.74 Å². The van der Waals surface area contributed by atoms with Gasteiger partial charge >= 0.3 is 0 Å². The molecule has 0 amide bonds. The zero-order chi connectivity index (χ0) is 23.3. The van der Waals surface area contributed by atoms with Gasteiger partial charge in [-0.1, -0.05) is 25.5 Å². The number of ether oxygens (including phenoxy) is 3. The van der Waals surface area contributed by atoms with Gasteiger partial charge in [-0.3, -0.25) is 0 Å². The molecule has 0 radical (unpaired) electrons. The molecule has 178 valence electrons. The Morgan fingerprint density at radius 2 is 1.72 bits per heavy atom. The van der Waals surface area contributed by atoms with E-state index in [1.807, 2.05) is 0 Å². The molecule has 3 N–H and O–H groups in total. The van der Waals surface area contributed by atoms with Gasteiger partial charge in [0.1, 0.15) is 18.3 Å². The first-order chi connectivity index (χ1) is 15.1. The fourth-order valence-corrected chi connectivity index (χ4v) is 6.14. The maximum absolute atomic E-state index is 10.5. The number of hydrogen-bond acceptors (Lipinski definition) is 6. The maximum Gasteiger partial charge on any atom is 0.229 e. The third-order valence-corrected chi connectivity index (χ3v) is 7.66. The van der Waals surface area contributed by atoms with E-state index in [0.29, 0.717) is 29.3 Å². The number of hydrogen-bond donors (Lipinski definition) is 3. The van der Waals surface area contributed by atoms with Crippen LogP contribution in [0.1, 0.15) is 87.0 Å². The third-order valence-electron chi connectivity index (χ3n) is 7.66. The molecule has 1 aliphatic heterocycles. The van der Waals surface area contributed by atoms with E-state index in [1.54, 1.807) is 7.11 Å². The van der Waals surface area contributed by atoms with Crippen molar-refractivity contribution in [1.29, 1.82) is 0 Å². The fourth-order valence-electron chi connectivity index (χ4n) is 6.14. The van der Waals surface area contributed by atoms with Crippen molar-refractivity contribution in [3.63, 3.8) is 0 Å². The molecule has 0 spiro atoms. The van der Waals surface area contributed by atoms with Crippen LogP contribution < -0.4 is 9.47 Å². The van der Waals surface area contributed by atoms with Crippen LogP contribution in [0.3, 0.4) is 0 Å². The second kappa shape index (κ2) is 8.98. The van der Waals surface area contributed by atoms with Crippen LogP contribution in [0.15, 0.2) is 11.6 Å². The zero-order valence-electron chi connectivity index (χ0n) is 20.1. The van der Waals surface area contributed by atoms with E-state index in [1.165, 1.54) is 16.7 Å². The summed E-state index contributed by atoms with van der Waals surface area (Å²) < 4.78 is 17.8. The fraction of sp³-hybridized carbons (Fsp3) is 0.692. The topological polar surface area (TPSA) is 88.4 Å². The smallest absolute Gasteiger partial charge is 0.229 e. The summed E-state index contributed by atoms with van der Waals surface area (Å²) in [6.07, 6.45) is 0.842. The molecule has 0 saturated carbocycles. The largest absolute Gasteiger partial charge is 0.493 e. The lowest BCUT2D eigenvalue weighted by atomic mass is 9.62. The molecule has 8 atom stereocenters. The average molecular weight is 447 g/mol. The minimum Gasteiger partial charge on any atom is -0.493 e. The van der Waals surface area contributed by atoms with E-state index in [9.17, 15) is 15.3 Å². The Labute approximate surface area is 191 Å². The normalized spacial score (nSPS) is 36.3. The molecule has 1 aromatic carbocycles. The Balaban J connectivity index is 1.89. The van der Waals surface area contributed by atoms with Crippen molar-refractivity contribution in [3.05, 3.63) is 33.9 Å². The third kappa shape index (κ3) is 3.85. The Hall–Kier alpha value is -1.60. The number of allylic oxidation sites excluding steroid dienone is 2. The van der Waals surface area contributed by atoms with Crippen molar-refractivity contribution in [1.82, 2.24) is 0 Å². The molecule has 1 fully saturated rings. The van der Waals surface area contributed by atoms with Crippen molar-refractivity contribution in [2.45, 2.75) is 96.2 Å². The van der Waals surface area contributed by atoms with Crippen LogP contribution in [0.25, 0.3) is 0 Å². The number of aliphatic hydroxyl groups is 3. The highest BCUT2D eigenvalue weighted by atomic mass is 16.7. The molecule has 2 aliphatic carbocycles. The van der Waals surface area contributed by atoms with Crippen molar-refractivity contribution < 1.29 is 29.5 Å². The molecule has 3 aliphatic rings. The summed E-state index contributed by atoms with van der Waals surface area (Å²) in [5, 5.41) is 30.5. The van der Waals surface area contributed by atoms with E-state index >= 15 is 0 Å². The first-order valence-electron chi connectivity index (χ1n) is 11.9. The predicted octanol–water partition coefficient (Wildman–Crippen LogP) is 3.89. The molecule has 1 heterocycles. The Morgan fingerprint density at radius 1 is 1.00 bits per heavy atom. The highest BCUT2D eigenvalue weighted by molar-refractivity contribution is 5.65. The van der Waals surface area contributed by atoms with Crippen molar-refractivity contribution in [3.8, 4) is 11.5 Å². The number of benzene rings is 1. The van der Waals surface area contributed by atoms with Gasteiger partial charge in [0, 0.05) is 11.5 Å². The molecule has 32 heavy (non-hydrogen) atoms. The van der Waals surface area contributed by atoms with E-state index in [0.717, 1.165) is 30.4 Å². The van der Waals surface area contributed by atoms with Crippen molar-refractivity contribution >= 4 is 0 Å². The van der Waals surface area contributed by atoms with E-state index < -0.39 is 24.6 Å². The average Bonchev–Trinajstić information content (AvgIpc) is 2.73. The van der Waals surface area contributed by atoms with Crippen LogP contribution in [0.2, 0.25) is 0 Å². The van der Waals surface area contributed by atoms with Crippen molar-refractivity contribution in [2.75, 3.05) is 13.7 Å². The van der Waals surface area contributed by atoms with Gasteiger partial charge in [-0.2, -0.15) is 0 Å². The Morgan fingerprint density at radius 3 is 2.38 bits per heavy atom. The summed E-state index contributed by atoms with van der Waals surface area (Å²) in [6, 6.07) is 0. The van der Waals surface area contributed by atoms with Crippen LogP contribution in [0.4, 0.5) is 0 Å². The Kier molecular flexibility index (Phi) is 6.61. The SMILES string of the molecule is COc1c(C)c2c3c(c1OC1OCC(O)C(O)C1O)[C@@H](C)CC[C@@H]3[C@@H](C)C[C@@H]2C=C(C)C. The van der Waals surface area contributed by atoms with Gasteiger partial charge in [0.15, 0.2) is 11.5 Å². The van der Waals surface area contributed by atoms with E-state index in [-0.39, 0.29) is 12.5 Å². The monoisotopic (exact) mass is 446 g/mol. The molecule has 1 aromatic rings. The van der Waals surface area contributed by atoms with Crippen LogP contribution in [-0.4, -0.2) is 53.6 Å². The first-order valence-corrected chi connectivity index (χ1v) is 11.9. The van der Waals surface area contributed by atoms with Gasteiger partial charge < -0.3 is 29.5 Å². The molecule has 1 saturated heterocycles. The molecule has 4 unspecified atom stereocenters. The van der Waals surface area contributed by atoms with Gasteiger partial charge in [0.05, 0.1) is 13.7 Å². The number of methoxy groups -OCH3 is 1. The molecule has 6 nitrogen and oxygen atoms in total. The van der Waals surface area contributed by atoms with Gasteiger partial charge in [0.2, 0.25) is 6.29 Å². The highest BCUT2D eigenvalue weighted by Crippen LogP contribution is 2.58. The molecular weight excluding hydrogens is 408 g/mol. The predicted molar refractivity (Wildman–Crippen MR) is 122 cm³/mol. The van der Waals surface area contributed by atoms with E-state index in [4.69, 9.17) is 14.2 Å². The van der Waals surface area contributed by atoms with Crippen LogP contribution >= 0.6 is 0 Å². The van der Waals surface area contributed by atoms with Crippen molar-refractivity contribution in [2.24, 2.45) is 5.92 Å². The quantitative estimate of drug-likeness (QED) is 0.608. The summed E-state index contributed by atoms with van der Waals surface area (Å²) >= 11 is 0. The van der Waals surface area contributed by atoms with Crippen LogP contribution in [0.5, 0.6) is 11.5 Å². The summed E-state index contributed by atoms with van der Waals surface area (Å²) in [5.41, 5.74) is 6.27. The maximum atomic E-state index is 10.5. The minimum absolute atomic E-state index is 0.0949. The second-order valence-corrected chi connectivity index (χ2v) is 10.2. The van der Waals surface area contributed by atoms with Gasteiger partial charge in [-0.15, -0.1) is 0 Å². The van der Waals surface area contributed by atoms with E-state index in [2.05, 4.69) is 40.7 Å². The zero-order valence-corrected chi connectivity index (χ0v) is 20.1. The minimum atomic E-state index is -1.35. The lowest BCUT2D eigenvalue weighted by molar-refractivity contribution is -0.242. The first kappa shape index (κ1) is 23.6. The lowest BCUT2D eigenvalue weighted by Gasteiger charge is -2.44. The Bertz CT molecular complexity index is 889. The molecule has 0 aromatic heterocycles. The second-order valence-electron chi connectivity index (χ2n) is 10.2. The molecule has 4 rings (SSSR count). The van der Waals surface area contributed by atoms with Gasteiger partial charge in [0.25, 0.3) is 0 Å². The van der Waals surface area contributed by atoms with Gasteiger partial charge in [-0.05, 0) is 74.5 Å². The standard InChI is InChI=1S/C26H38O6/c1-12(2)9-16-10-14(4)17-8-7-13(3)19-21(17)20(16)15(5)24(30-6)25(19)32-26-23(29)22(28)18(27)11-31-26/h9,13-14,16-18,22-23,26-29H,7-8,10-11H2,1-6H3/t13-,14-,16-,17+,18?,22?,23?,26?/m0/s1. The molecule has 0 bridgehead atoms. The lowest BCUT2D eigenvalue weighted by Crippen LogP contribution is -2.54. The molecular formula is C26H38O6. The van der Waals surface area contributed by atoms with Gasteiger partial charge in [-0.25, -0.2) is 0 Å². The highest BCUT2D eigenvalue weighted by Gasteiger charge is 2.44. The summed E-state index contributed by atoms with van der Waals surface area (Å²) in [7, 11) is 1.65. The number of aliphatic hydroxyl groups excluding tert-OH is 3. The number of rotatable bonds is 4. The molecule has 6 heteroatoms.